The van der Waals surface area contributed by atoms with Crippen molar-refractivity contribution in [1.29, 1.82) is 0 Å². The third kappa shape index (κ3) is 4.27. The quantitative estimate of drug-likeness (QED) is 0.811. The molecule has 5 nitrogen and oxygen atoms in total. The molecule has 1 aromatic rings. The van der Waals surface area contributed by atoms with Crippen molar-refractivity contribution in [2.75, 3.05) is 13.2 Å². The van der Waals surface area contributed by atoms with E-state index in [1.807, 2.05) is 12.1 Å². The molecule has 0 saturated carbocycles. The van der Waals surface area contributed by atoms with Crippen LogP contribution in [0.4, 0.5) is 0 Å². The highest BCUT2D eigenvalue weighted by Gasteiger charge is 2.36. The van der Waals surface area contributed by atoms with Gasteiger partial charge < -0.3 is 9.84 Å². The van der Waals surface area contributed by atoms with Gasteiger partial charge in [-0.3, -0.25) is 14.5 Å². The lowest BCUT2D eigenvalue weighted by atomic mass is 10.1. The summed E-state index contributed by atoms with van der Waals surface area (Å²) in [7, 11) is 0. The lowest BCUT2D eigenvalue weighted by Crippen LogP contribution is -2.39. The summed E-state index contributed by atoms with van der Waals surface area (Å²) < 4.78 is 5.39. The fourth-order valence-corrected chi connectivity index (χ4v) is 2.32. The van der Waals surface area contributed by atoms with Gasteiger partial charge in [-0.25, -0.2) is 0 Å². The second kappa shape index (κ2) is 7.02. The summed E-state index contributed by atoms with van der Waals surface area (Å²) in [6.45, 7) is 2.10. The first-order valence-corrected chi connectivity index (χ1v) is 7.19. The summed E-state index contributed by atoms with van der Waals surface area (Å²) in [6, 6.07) is 7.20. The molecule has 1 N–H and O–H groups in total. The average Bonchev–Trinajstić information content (AvgIpc) is 2.68. The van der Waals surface area contributed by atoms with E-state index < -0.39 is 6.10 Å². The number of hydrogen-bond donors (Lipinski definition) is 1. The van der Waals surface area contributed by atoms with Gasteiger partial charge in [0.25, 0.3) is 0 Å². The van der Waals surface area contributed by atoms with Crippen molar-refractivity contribution in [2.45, 2.75) is 26.1 Å². The Balaban J connectivity index is 1.75. The van der Waals surface area contributed by atoms with Crippen molar-refractivity contribution < 1.29 is 19.4 Å². The second-order valence-corrected chi connectivity index (χ2v) is 5.68. The van der Waals surface area contributed by atoms with E-state index in [0.29, 0.717) is 11.6 Å². The second-order valence-electron chi connectivity index (χ2n) is 5.24. The van der Waals surface area contributed by atoms with Crippen molar-refractivity contribution in [3.05, 3.63) is 34.9 Å². The predicted molar refractivity (Wildman–Crippen MR) is 77.6 cm³/mol. The maximum atomic E-state index is 11.7. The number of carbonyl (C=O) groups excluding carboxylic acids is 2. The monoisotopic (exact) mass is 311 g/mol. The van der Waals surface area contributed by atoms with E-state index in [1.54, 1.807) is 19.1 Å². The molecule has 1 aromatic carbocycles. The first kappa shape index (κ1) is 15.9. The van der Waals surface area contributed by atoms with Crippen LogP contribution < -0.4 is 0 Å². The summed E-state index contributed by atoms with van der Waals surface area (Å²) in [5, 5.41) is 10.5. The summed E-state index contributed by atoms with van der Waals surface area (Å²) >= 11 is 5.78. The third-order valence-corrected chi connectivity index (χ3v) is 3.61. The van der Waals surface area contributed by atoms with Crippen molar-refractivity contribution in [3.8, 4) is 0 Å². The number of carbonyl (C=O) groups is 2. The minimum Gasteiger partial charge on any atom is -0.389 e. The molecule has 21 heavy (non-hydrogen) atoms. The Labute approximate surface area is 128 Å². The van der Waals surface area contributed by atoms with Gasteiger partial charge in [-0.05, 0) is 17.7 Å². The molecule has 1 aliphatic heterocycles. The lowest BCUT2D eigenvalue weighted by Gasteiger charge is -2.18. The van der Waals surface area contributed by atoms with Crippen LogP contribution in [0.3, 0.4) is 0 Å². The van der Waals surface area contributed by atoms with Gasteiger partial charge in [0.15, 0.2) is 0 Å². The van der Waals surface area contributed by atoms with Crippen LogP contribution in [0.2, 0.25) is 5.02 Å². The zero-order chi connectivity index (χ0) is 15.4. The summed E-state index contributed by atoms with van der Waals surface area (Å²) in [6.07, 6.45) is -0.660. The Hall–Kier alpha value is -1.43. The van der Waals surface area contributed by atoms with E-state index >= 15 is 0 Å². The number of ether oxygens (including phenoxy) is 1. The summed E-state index contributed by atoms with van der Waals surface area (Å²) in [5.41, 5.74) is 0.938. The average molecular weight is 312 g/mol. The Morgan fingerprint density at radius 1 is 1.38 bits per heavy atom. The van der Waals surface area contributed by atoms with Crippen LogP contribution in [0.15, 0.2) is 24.3 Å². The molecule has 1 fully saturated rings. The van der Waals surface area contributed by atoms with Gasteiger partial charge >= 0.3 is 0 Å². The van der Waals surface area contributed by atoms with E-state index in [2.05, 4.69) is 0 Å². The number of benzene rings is 1. The van der Waals surface area contributed by atoms with E-state index in [4.69, 9.17) is 16.3 Å². The number of nitrogens with zero attached hydrogens (tertiary/aromatic N) is 1. The molecule has 0 spiro atoms. The number of hydrogen-bond acceptors (Lipinski definition) is 4. The predicted octanol–water partition coefficient (Wildman–Crippen LogP) is 1.61. The normalized spacial score (nSPS) is 20.1. The van der Waals surface area contributed by atoms with Crippen LogP contribution in [0, 0.1) is 5.92 Å². The number of aliphatic hydroxyl groups excluding tert-OH is 1. The number of rotatable bonds is 6. The fraction of sp³-hybridized carbons (Fsp3) is 0.467. The fourth-order valence-electron chi connectivity index (χ4n) is 2.20. The van der Waals surface area contributed by atoms with Crippen LogP contribution in [0.25, 0.3) is 0 Å². The molecular weight excluding hydrogens is 294 g/mol. The number of amides is 2. The molecule has 0 unspecified atom stereocenters. The zero-order valence-electron chi connectivity index (χ0n) is 11.8. The molecule has 2 atom stereocenters. The van der Waals surface area contributed by atoms with Crippen LogP contribution in [-0.4, -0.2) is 41.1 Å². The SMILES string of the molecule is C[C@H]1CC(=O)N(C[C@@H](O)COCc2ccc(Cl)cc2)C1=O. The van der Waals surface area contributed by atoms with Gasteiger partial charge in [-0.15, -0.1) is 0 Å². The molecule has 1 heterocycles. The van der Waals surface area contributed by atoms with Gasteiger partial charge in [0.1, 0.15) is 0 Å². The maximum absolute atomic E-state index is 11.7. The Bertz CT molecular complexity index is 517. The summed E-state index contributed by atoms with van der Waals surface area (Å²) in [4.78, 5) is 24.4. The molecule has 1 aliphatic rings. The van der Waals surface area contributed by atoms with Gasteiger partial charge in [0.2, 0.25) is 11.8 Å². The Morgan fingerprint density at radius 3 is 2.62 bits per heavy atom. The van der Waals surface area contributed by atoms with Crippen molar-refractivity contribution in [1.82, 2.24) is 4.90 Å². The largest absolute Gasteiger partial charge is 0.389 e. The molecule has 6 heteroatoms. The van der Waals surface area contributed by atoms with E-state index in [1.165, 1.54) is 0 Å². The summed E-state index contributed by atoms with van der Waals surface area (Å²) in [5.74, 6) is -0.749. The van der Waals surface area contributed by atoms with Crippen LogP contribution in [-0.2, 0) is 20.9 Å². The van der Waals surface area contributed by atoms with Gasteiger partial charge in [-0.2, -0.15) is 0 Å². The van der Waals surface area contributed by atoms with E-state index in [-0.39, 0.29) is 37.3 Å². The van der Waals surface area contributed by atoms with Crippen LogP contribution >= 0.6 is 11.6 Å². The topological polar surface area (TPSA) is 66.8 Å². The number of aliphatic hydroxyl groups is 1. The molecule has 0 aromatic heterocycles. The Kier molecular flexibility index (Phi) is 5.33. The number of β-amino-alcohol motifs (C(OH)–C–C–N with tert-alkyl or cyclic N) is 1. The zero-order valence-corrected chi connectivity index (χ0v) is 12.5. The minimum atomic E-state index is -0.879. The number of likely N-dealkylation sites (tertiary alicyclic amines) is 1. The highest BCUT2D eigenvalue weighted by atomic mass is 35.5. The van der Waals surface area contributed by atoms with E-state index in [9.17, 15) is 14.7 Å². The molecule has 114 valence electrons. The standard InChI is InChI=1S/C15H18ClNO4/c1-10-6-14(19)17(15(10)20)7-13(18)9-21-8-11-2-4-12(16)5-3-11/h2-5,10,13,18H,6-9H2,1H3/t10-,13+/m0/s1. The molecule has 0 bridgehead atoms. The lowest BCUT2D eigenvalue weighted by molar-refractivity contribution is -0.141. The van der Waals surface area contributed by atoms with Gasteiger partial charge in [-0.1, -0.05) is 30.7 Å². The molecule has 0 radical (unpaired) electrons. The first-order chi connectivity index (χ1) is 9.97. The molecule has 0 aliphatic carbocycles. The molecule has 2 rings (SSSR count). The molecule has 2 amide bonds. The molecular formula is C15H18ClNO4. The number of halogens is 1. The van der Waals surface area contributed by atoms with Crippen molar-refractivity contribution in [2.24, 2.45) is 5.92 Å². The molecule has 1 saturated heterocycles. The first-order valence-electron chi connectivity index (χ1n) is 6.82. The highest BCUT2D eigenvalue weighted by molar-refractivity contribution is 6.30. The van der Waals surface area contributed by atoms with Crippen molar-refractivity contribution in [3.63, 3.8) is 0 Å². The van der Waals surface area contributed by atoms with Gasteiger partial charge in [0, 0.05) is 17.4 Å². The van der Waals surface area contributed by atoms with Gasteiger partial charge in [0.05, 0.1) is 25.9 Å². The smallest absolute Gasteiger partial charge is 0.232 e. The van der Waals surface area contributed by atoms with Crippen molar-refractivity contribution >= 4 is 23.4 Å². The van der Waals surface area contributed by atoms with Crippen LogP contribution in [0.5, 0.6) is 0 Å². The third-order valence-electron chi connectivity index (χ3n) is 3.36. The Morgan fingerprint density at radius 2 is 2.05 bits per heavy atom. The maximum Gasteiger partial charge on any atom is 0.232 e. The van der Waals surface area contributed by atoms with Crippen LogP contribution in [0.1, 0.15) is 18.9 Å². The number of imide groups is 1. The van der Waals surface area contributed by atoms with E-state index in [0.717, 1.165) is 10.5 Å². The highest BCUT2D eigenvalue weighted by Crippen LogP contribution is 2.19. The minimum absolute atomic E-state index is 0.0113.